The molecule has 4 heteroatoms. The second-order valence-corrected chi connectivity index (χ2v) is 5.16. The van der Waals surface area contributed by atoms with Crippen LogP contribution in [0.1, 0.15) is 44.3 Å². The van der Waals surface area contributed by atoms with Crippen LogP contribution in [0.25, 0.3) is 0 Å². The highest BCUT2D eigenvalue weighted by Gasteiger charge is 2.35. The van der Waals surface area contributed by atoms with Crippen molar-refractivity contribution in [3.05, 3.63) is 18.0 Å². The third-order valence-corrected chi connectivity index (χ3v) is 3.79. The Kier molecular flexibility index (Phi) is 3.84. The smallest absolute Gasteiger partial charge is 0.0614 e. The molecular formula is C13H23N3O. The first-order valence-corrected chi connectivity index (χ1v) is 6.57. The van der Waals surface area contributed by atoms with Crippen molar-refractivity contribution in [2.75, 3.05) is 13.2 Å². The second-order valence-electron chi connectivity index (χ2n) is 5.16. The fourth-order valence-electron chi connectivity index (χ4n) is 2.93. The van der Waals surface area contributed by atoms with E-state index >= 15 is 0 Å². The molecule has 2 rings (SSSR count). The van der Waals surface area contributed by atoms with Gasteiger partial charge in [-0.3, -0.25) is 4.68 Å². The fraction of sp³-hybridized carbons (Fsp3) is 0.769. The van der Waals surface area contributed by atoms with Gasteiger partial charge >= 0.3 is 0 Å². The van der Waals surface area contributed by atoms with Crippen LogP contribution in [0.3, 0.4) is 0 Å². The summed E-state index contributed by atoms with van der Waals surface area (Å²) in [5, 5.41) is 17.6. The molecule has 0 aliphatic heterocycles. The van der Waals surface area contributed by atoms with Gasteiger partial charge in [0.2, 0.25) is 0 Å². The second kappa shape index (κ2) is 5.19. The SMILES string of the molecule is CCNC1(CO)CCCC(n2ccc(C)n2)C1. The van der Waals surface area contributed by atoms with Gasteiger partial charge in [-0.2, -0.15) is 5.10 Å². The first-order valence-electron chi connectivity index (χ1n) is 6.57. The Labute approximate surface area is 103 Å². The molecule has 0 saturated heterocycles. The number of nitrogens with one attached hydrogen (secondary N) is 1. The standard InChI is InChI=1S/C13H23N3O/c1-3-14-13(10-17)7-4-5-12(9-13)16-8-6-11(2)15-16/h6,8,12,14,17H,3-5,7,9-10H2,1-2H3. The molecule has 1 fully saturated rings. The van der Waals surface area contributed by atoms with Crippen LogP contribution in [0.4, 0.5) is 0 Å². The molecule has 1 aliphatic rings. The monoisotopic (exact) mass is 237 g/mol. The zero-order chi connectivity index (χ0) is 12.3. The Balaban J connectivity index is 2.10. The average Bonchev–Trinajstić information content (AvgIpc) is 2.77. The molecule has 96 valence electrons. The number of aliphatic hydroxyl groups excluding tert-OH is 1. The Hall–Kier alpha value is -0.870. The number of rotatable bonds is 4. The van der Waals surface area contributed by atoms with Gasteiger partial charge in [0, 0.05) is 11.7 Å². The molecule has 1 aliphatic carbocycles. The number of hydrogen-bond acceptors (Lipinski definition) is 3. The van der Waals surface area contributed by atoms with Crippen LogP contribution in [0, 0.1) is 6.92 Å². The molecule has 4 nitrogen and oxygen atoms in total. The van der Waals surface area contributed by atoms with E-state index in [2.05, 4.69) is 28.2 Å². The van der Waals surface area contributed by atoms with Crippen LogP contribution >= 0.6 is 0 Å². The molecule has 0 aromatic carbocycles. The topological polar surface area (TPSA) is 50.1 Å². The Morgan fingerprint density at radius 1 is 1.65 bits per heavy atom. The van der Waals surface area contributed by atoms with Gasteiger partial charge in [0.05, 0.1) is 18.3 Å². The zero-order valence-corrected chi connectivity index (χ0v) is 10.8. The highest BCUT2D eigenvalue weighted by atomic mass is 16.3. The molecule has 1 saturated carbocycles. The van der Waals surface area contributed by atoms with Crippen LogP contribution in [0.5, 0.6) is 0 Å². The van der Waals surface area contributed by atoms with Gasteiger partial charge in [-0.15, -0.1) is 0 Å². The summed E-state index contributed by atoms with van der Waals surface area (Å²) in [6.45, 7) is 5.24. The highest BCUT2D eigenvalue weighted by molar-refractivity contribution is 5.00. The van der Waals surface area contributed by atoms with Crippen molar-refractivity contribution in [2.24, 2.45) is 0 Å². The van der Waals surface area contributed by atoms with Gasteiger partial charge in [0.1, 0.15) is 0 Å². The van der Waals surface area contributed by atoms with Gasteiger partial charge in [0.25, 0.3) is 0 Å². The predicted molar refractivity (Wildman–Crippen MR) is 68.0 cm³/mol. The molecule has 0 amide bonds. The van der Waals surface area contributed by atoms with Gasteiger partial charge in [-0.25, -0.2) is 0 Å². The minimum absolute atomic E-state index is 0.0997. The predicted octanol–water partition coefficient (Wildman–Crippen LogP) is 1.65. The molecule has 0 radical (unpaired) electrons. The van der Waals surface area contributed by atoms with Crippen molar-refractivity contribution in [3.8, 4) is 0 Å². The zero-order valence-electron chi connectivity index (χ0n) is 10.8. The number of aromatic nitrogens is 2. The van der Waals surface area contributed by atoms with Crippen molar-refractivity contribution >= 4 is 0 Å². The van der Waals surface area contributed by atoms with Crippen LogP contribution in [-0.2, 0) is 0 Å². The number of likely N-dealkylation sites (N-methyl/N-ethyl adjacent to an activating group) is 1. The summed E-state index contributed by atoms with van der Waals surface area (Å²) >= 11 is 0. The van der Waals surface area contributed by atoms with E-state index in [4.69, 9.17) is 0 Å². The number of hydrogen-bond donors (Lipinski definition) is 2. The van der Waals surface area contributed by atoms with Crippen molar-refractivity contribution in [3.63, 3.8) is 0 Å². The molecule has 0 bridgehead atoms. The lowest BCUT2D eigenvalue weighted by Gasteiger charge is -2.40. The number of nitrogens with zero attached hydrogens (tertiary/aromatic N) is 2. The lowest BCUT2D eigenvalue weighted by molar-refractivity contribution is 0.0960. The quantitative estimate of drug-likeness (QED) is 0.837. The van der Waals surface area contributed by atoms with E-state index in [1.165, 1.54) is 0 Å². The van der Waals surface area contributed by atoms with Crippen molar-refractivity contribution in [1.82, 2.24) is 15.1 Å². The van der Waals surface area contributed by atoms with Crippen LogP contribution < -0.4 is 5.32 Å². The van der Waals surface area contributed by atoms with Crippen LogP contribution in [0.15, 0.2) is 12.3 Å². The largest absolute Gasteiger partial charge is 0.394 e. The van der Waals surface area contributed by atoms with Crippen LogP contribution in [-0.4, -0.2) is 33.6 Å². The summed E-state index contributed by atoms with van der Waals surface area (Å²) in [7, 11) is 0. The summed E-state index contributed by atoms with van der Waals surface area (Å²) in [6, 6.07) is 2.46. The molecule has 0 spiro atoms. The molecule has 2 N–H and O–H groups in total. The lowest BCUT2D eigenvalue weighted by atomic mass is 9.79. The first-order chi connectivity index (χ1) is 8.19. The van der Waals surface area contributed by atoms with Crippen molar-refractivity contribution in [2.45, 2.75) is 51.1 Å². The van der Waals surface area contributed by atoms with E-state index in [1.54, 1.807) is 0 Å². The molecule has 1 heterocycles. The maximum Gasteiger partial charge on any atom is 0.0614 e. The molecule has 17 heavy (non-hydrogen) atoms. The van der Waals surface area contributed by atoms with Gasteiger partial charge in [-0.05, 0) is 45.2 Å². The summed E-state index contributed by atoms with van der Waals surface area (Å²) in [4.78, 5) is 0. The van der Waals surface area contributed by atoms with Crippen molar-refractivity contribution in [1.29, 1.82) is 0 Å². The third-order valence-electron chi connectivity index (χ3n) is 3.79. The van der Waals surface area contributed by atoms with Crippen LogP contribution in [0.2, 0.25) is 0 Å². The summed E-state index contributed by atoms with van der Waals surface area (Å²) in [5.41, 5.74) is 0.964. The first kappa shape index (κ1) is 12.6. The normalized spacial score (nSPS) is 29.5. The number of aryl methyl sites for hydroxylation is 1. The Bertz CT molecular complexity index is 359. The minimum atomic E-state index is -0.0997. The highest BCUT2D eigenvalue weighted by Crippen LogP contribution is 2.34. The summed E-state index contributed by atoms with van der Waals surface area (Å²) < 4.78 is 2.07. The minimum Gasteiger partial charge on any atom is -0.394 e. The average molecular weight is 237 g/mol. The maximum absolute atomic E-state index is 9.65. The van der Waals surface area contributed by atoms with E-state index in [0.717, 1.165) is 37.9 Å². The fourth-order valence-corrected chi connectivity index (χ4v) is 2.93. The molecule has 1 aromatic heterocycles. The van der Waals surface area contributed by atoms with E-state index in [-0.39, 0.29) is 12.1 Å². The van der Waals surface area contributed by atoms with E-state index in [0.29, 0.717) is 6.04 Å². The summed E-state index contributed by atoms with van der Waals surface area (Å²) in [6.07, 6.45) is 6.40. The number of aliphatic hydroxyl groups is 1. The van der Waals surface area contributed by atoms with Gasteiger partial charge < -0.3 is 10.4 Å². The maximum atomic E-state index is 9.65. The van der Waals surface area contributed by atoms with Gasteiger partial charge in [0.15, 0.2) is 0 Å². The molecule has 1 aromatic rings. The molecule has 2 atom stereocenters. The summed E-state index contributed by atoms with van der Waals surface area (Å²) in [5.74, 6) is 0. The lowest BCUT2D eigenvalue weighted by Crippen LogP contribution is -2.51. The van der Waals surface area contributed by atoms with Gasteiger partial charge in [-0.1, -0.05) is 6.92 Å². The third kappa shape index (κ3) is 2.69. The van der Waals surface area contributed by atoms with E-state index in [1.807, 2.05) is 13.0 Å². The molecular weight excluding hydrogens is 214 g/mol. The molecule has 2 unspecified atom stereocenters. The Morgan fingerprint density at radius 2 is 2.47 bits per heavy atom. The Morgan fingerprint density at radius 3 is 3.06 bits per heavy atom. The van der Waals surface area contributed by atoms with Crippen molar-refractivity contribution < 1.29 is 5.11 Å². The van der Waals surface area contributed by atoms with E-state index < -0.39 is 0 Å². The van der Waals surface area contributed by atoms with E-state index in [9.17, 15) is 5.11 Å².